The smallest absolute Gasteiger partial charge is 0.277 e. The summed E-state index contributed by atoms with van der Waals surface area (Å²) in [4.78, 5) is 20.5. The molecule has 0 atom stereocenters. The lowest BCUT2D eigenvalue weighted by molar-refractivity contribution is 0.101. The number of nitrogens with zero attached hydrogens (tertiary/aromatic N) is 2. The summed E-state index contributed by atoms with van der Waals surface area (Å²) in [5, 5.41) is 8.14. The minimum absolute atomic E-state index is 0.0488. The first-order valence-corrected chi connectivity index (χ1v) is 11.2. The summed E-state index contributed by atoms with van der Waals surface area (Å²) in [6.07, 6.45) is 0. The molecule has 0 spiro atoms. The van der Waals surface area contributed by atoms with Gasteiger partial charge in [0.15, 0.2) is 11.5 Å². The van der Waals surface area contributed by atoms with Crippen molar-refractivity contribution in [2.75, 3.05) is 5.32 Å². The molecule has 3 aromatic carbocycles. The third kappa shape index (κ3) is 4.87. The number of rotatable bonds is 6. The molecule has 0 fully saturated rings. The predicted molar refractivity (Wildman–Crippen MR) is 132 cm³/mol. The Balaban J connectivity index is 1.27. The predicted octanol–water partition coefficient (Wildman–Crippen LogP) is 7.01. The average molecular weight is 514 g/mol. The Morgan fingerprint density at radius 2 is 1.82 bits per heavy atom. The van der Waals surface area contributed by atoms with Gasteiger partial charge in [-0.1, -0.05) is 52.1 Å². The van der Waals surface area contributed by atoms with Crippen LogP contribution in [-0.2, 0) is 6.61 Å². The Hall–Kier alpha value is -3.52. The number of hydrogen-bond acceptors (Lipinski definition) is 5. The van der Waals surface area contributed by atoms with E-state index in [9.17, 15) is 4.79 Å². The summed E-state index contributed by atoms with van der Waals surface area (Å²) in [7, 11) is 0. The number of fused-ring (bicyclic) bond motifs is 1. The highest BCUT2D eigenvalue weighted by Gasteiger charge is 2.15. The summed E-state index contributed by atoms with van der Waals surface area (Å²) in [5.74, 6) is 1.05. The Morgan fingerprint density at radius 3 is 2.68 bits per heavy atom. The molecule has 0 saturated carbocycles. The van der Waals surface area contributed by atoms with Gasteiger partial charge < -0.3 is 19.6 Å². The van der Waals surface area contributed by atoms with Gasteiger partial charge in [0, 0.05) is 27.4 Å². The third-order valence-corrected chi connectivity index (χ3v) is 5.66. The number of carbonyl (C=O) groups excluding carboxylic acids is 1. The summed E-state index contributed by atoms with van der Waals surface area (Å²) >= 11 is 18.0. The number of aromatic nitrogens is 3. The van der Waals surface area contributed by atoms with Crippen molar-refractivity contribution >= 4 is 57.4 Å². The van der Waals surface area contributed by atoms with Crippen molar-refractivity contribution in [3.63, 3.8) is 0 Å². The van der Waals surface area contributed by atoms with Crippen molar-refractivity contribution in [1.82, 2.24) is 15.1 Å². The molecule has 170 valence electrons. The molecule has 5 aromatic rings. The maximum atomic E-state index is 12.7. The molecule has 10 heteroatoms. The van der Waals surface area contributed by atoms with Crippen LogP contribution < -0.4 is 10.1 Å². The zero-order valence-electron chi connectivity index (χ0n) is 17.3. The molecule has 0 bridgehead atoms. The number of H-pyrrole nitrogens is 1. The monoisotopic (exact) mass is 512 g/mol. The van der Waals surface area contributed by atoms with E-state index in [0.717, 1.165) is 16.6 Å². The van der Waals surface area contributed by atoms with Crippen LogP contribution in [0.2, 0.25) is 15.1 Å². The van der Waals surface area contributed by atoms with Crippen molar-refractivity contribution < 1.29 is 14.1 Å². The van der Waals surface area contributed by atoms with E-state index < -0.39 is 5.91 Å². The first-order valence-electron chi connectivity index (χ1n) is 10.0. The second kappa shape index (κ2) is 9.38. The molecule has 2 N–H and O–H groups in total. The Morgan fingerprint density at radius 1 is 1.00 bits per heavy atom. The molecule has 2 heterocycles. The lowest BCUT2D eigenvalue weighted by Crippen LogP contribution is -2.12. The van der Waals surface area contributed by atoms with Crippen molar-refractivity contribution in [2.45, 2.75) is 6.61 Å². The number of nitrogens with one attached hydrogen (secondary N) is 2. The van der Waals surface area contributed by atoms with Crippen molar-refractivity contribution in [2.24, 2.45) is 0 Å². The fourth-order valence-corrected chi connectivity index (χ4v) is 3.92. The van der Waals surface area contributed by atoms with Gasteiger partial charge in [-0.3, -0.25) is 4.79 Å². The second-order valence-corrected chi connectivity index (χ2v) is 8.60. The number of halogens is 3. The highest BCUT2D eigenvalue weighted by atomic mass is 35.5. The quantitative estimate of drug-likeness (QED) is 0.255. The van der Waals surface area contributed by atoms with Gasteiger partial charge in [0.25, 0.3) is 5.91 Å². The summed E-state index contributed by atoms with van der Waals surface area (Å²) in [5.41, 5.74) is 3.12. The van der Waals surface area contributed by atoms with Crippen molar-refractivity contribution in [3.05, 3.63) is 93.3 Å². The Labute approximate surface area is 208 Å². The molecule has 0 aliphatic rings. The van der Waals surface area contributed by atoms with Gasteiger partial charge in [0.05, 0.1) is 16.1 Å². The first kappa shape index (κ1) is 22.3. The van der Waals surface area contributed by atoms with Gasteiger partial charge in [-0.05, 0) is 48.5 Å². The van der Waals surface area contributed by atoms with E-state index in [-0.39, 0.29) is 12.3 Å². The molecule has 2 aromatic heterocycles. The van der Waals surface area contributed by atoms with Crippen LogP contribution in [0.4, 0.5) is 5.69 Å². The molecule has 34 heavy (non-hydrogen) atoms. The highest BCUT2D eigenvalue weighted by molar-refractivity contribution is 6.35. The van der Waals surface area contributed by atoms with Crippen molar-refractivity contribution in [1.29, 1.82) is 0 Å². The maximum absolute atomic E-state index is 12.7. The normalized spacial score (nSPS) is 11.0. The fraction of sp³-hybridized carbons (Fsp3) is 0.0417. The van der Waals surface area contributed by atoms with E-state index in [1.807, 2.05) is 30.3 Å². The number of ether oxygens (including phenoxy) is 1. The number of benzene rings is 3. The van der Waals surface area contributed by atoms with E-state index >= 15 is 0 Å². The van der Waals surface area contributed by atoms with Crippen LogP contribution >= 0.6 is 34.8 Å². The van der Waals surface area contributed by atoms with Gasteiger partial charge in [0.1, 0.15) is 18.2 Å². The topological polar surface area (TPSA) is 93.0 Å². The van der Waals surface area contributed by atoms with Crippen LogP contribution in [0.5, 0.6) is 5.75 Å². The molecule has 0 aliphatic carbocycles. The standard InChI is InChI=1S/C24H15Cl3N4O3/c25-14-5-7-22(18(27)9-14)33-12-17-11-21(31-34-17)24(32)28-16-3-1-2-13(8-16)23-29-19-6-4-15(26)10-20(19)30-23/h1-11H,12H2,(H,28,32)(H,29,30). The summed E-state index contributed by atoms with van der Waals surface area (Å²) < 4.78 is 10.8. The molecular weight excluding hydrogens is 499 g/mol. The molecule has 7 nitrogen and oxygen atoms in total. The molecule has 0 unspecified atom stereocenters. The van der Waals surface area contributed by atoms with Gasteiger partial charge in [-0.2, -0.15) is 0 Å². The molecule has 0 radical (unpaired) electrons. The molecule has 1 amide bonds. The molecular formula is C24H15Cl3N4O3. The number of anilines is 1. The van der Waals surface area contributed by atoms with Crippen LogP contribution in [0.15, 0.2) is 71.3 Å². The van der Waals surface area contributed by atoms with Gasteiger partial charge >= 0.3 is 0 Å². The number of amides is 1. The van der Waals surface area contributed by atoms with Crippen molar-refractivity contribution in [3.8, 4) is 17.1 Å². The Bertz CT molecular complexity index is 1510. The number of carbonyl (C=O) groups is 1. The average Bonchev–Trinajstić information content (AvgIpc) is 3.46. The lowest BCUT2D eigenvalue weighted by Gasteiger charge is -2.05. The van der Waals surface area contributed by atoms with E-state index in [1.54, 1.807) is 30.3 Å². The number of hydrogen-bond donors (Lipinski definition) is 2. The summed E-state index contributed by atoms with van der Waals surface area (Å²) in [6.45, 7) is 0.0488. The molecule has 0 aliphatic heterocycles. The maximum Gasteiger partial charge on any atom is 0.277 e. The van der Waals surface area contributed by atoms with Crippen LogP contribution in [0, 0.1) is 0 Å². The van der Waals surface area contributed by atoms with Gasteiger partial charge in [0.2, 0.25) is 0 Å². The zero-order chi connectivity index (χ0) is 23.7. The van der Waals surface area contributed by atoms with E-state index in [2.05, 4.69) is 20.4 Å². The highest BCUT2D eigenvalue weighted by Crippen LogP contribution is 2.28. The van der Waals surface area contributed by atoms with E-state index in [1.165, 1.54) is 6.07 Å². The van der Waals surface area contributed by atoms with Crippen LogP contribution in [0.1, 0.15) is 16.2 Å². The third-order valence-electron chi connectivity index (χ3n) is 4.89. The SMILES string of the molecule is O=C(Nc1cccc(-c2nc3ccc(Cl)cc3[nH]2)c1)c1cc(COc2ccc(Cl)cc2Cl)on1. The van der Waals surface area contributed by atoms with Gasteiger partial charge in [-0.15, -0.1) is 0 Å². The van der Waals surface area contributed by atoms with Gasteiger partial charge in [-0.25, -0.2) is 4.98 Å². The minimum atomic E-state index is -0.423. The molecule has 5 rings (SSSR count). The second-order valence-electron chi connectivity index (χ2n) is 7.32. The lowest BCUT2D eigenvalue weighted by atomic mass is 10.2. The largest absolute Gasteiger partial charge is 0.484 e. The van der Waals surface area contributed by atoms with E-state index in [4.69, 9.17) is 44.1 Å². The van der Waals surface area contributed by atoms with Crippen LogP contribution in [0.25, 0.3) is 22.4 Å². The minimum Gasteiger partial charge on any atom is -0.484 e. The number of aromatic amines is 1. The fourth-order valence-electron chi connectivity index (χ4n) is 3.29. The van der Waals surface area contributed by atoms with Crippen LogP contribution in [0.3, 0.4) is 0 Å². The summed E-state index contributed by atoms with van der Waals surface area (Å²) in [6, 6.07) is 19.1. The van der Waals surface area contributed by atoms with E-state index in [0.29, 0.717) is 38.1 Å². The van der Waals surface area contributed by atoms with Crippen LogP contribution in [-0.4, -0.2) is 21.0 Å². The number of imidazole rings is 1. The zero-order valence-corrected chi connectivity index (χ0v) is 19.6. The Kier molecular flexibility index (Phi) is 6.15. The first-order chi connectivity index (χ1) is 16.4. The molecule has 0 saturated heterocycles.